The van der Waals surface area contributed by atoms with Crippen LogP contribution in [0.3, 0.4) is 0 Å². The van der Waals surface area contributed by atoms with E-state index in [0.717, 1.165) is 16.7 Å². The van der Waals surface area contributed by atoms with Gasteiger partial charge in [0.2, 0.25) is 11.8 Å². The number of carbonyl (C=O) groups is 4. The van der Waals surface area contributed by atoms with Gasteiger partial charge < -0.3 is 20.9 Å². The zero-order valence-electron chi connectivity index (χ0n) is 23.7. The van der Waals surface area contributed by atoms with Gasteiger partial charge in [-0.05, 0) is 49.1 Å². The van der Waals surface area contributed by atoms with Gasteiger partial charge in [0.1, 0.15) is 28.4 Å². The number of imide groups is 1. The third-order valence-corrected chi connectivity index (χ3v) is 8.55. The minimum atomic E-state index is -0.654. The summed E-state index contributed by atoms with van der Waals surface area (Å²) in [6, 6.07) is 12.1. The van der Waals surface area contributed by atoms with Gasteiger partial charge in [0.25, 0.3) is 11.8 Å². The number of rotatable bonds is 8. The number of benzene rings is 2. The molecule has 2 aliphatic heterocycles. The number of carbonyl (C=O) groups excluding carboxylic acids is 4. The van der Waals surface area contributed by atoms with Crippen LogP contribution >= 0.6 is 22.9 Å². The Hall–Kier alpha value is -4.88. The number of para-hydroxylation sites is 1. The lowest BCUT2D eigenvalue weighted by atomic mass is 10.0. The first-order valence-corrected chi connectivity index (χ1v) is 15.0. The Morgan fingerprint density at radius 2 is 1.93 bits per heavy atom. The Labute approximate surface area is 261 Å². The first-order chi connectivity index (χ1) is 21.1. The number of amides is 4. The number of thiazole rings is 1. The average Bonchev–Trinajstić information content (AvgIpc) is 3.58. The van der Waals surface area contributed by atoms with Crippen LogP contribution in [0.15, 0.2) is 48.7 Å². The van der Waals surface area contributed by atoms with Gasteiger partial charge in [0, 0.05) is 31.1 Å². The van der Waals surface area contributed by atoms with Crippen LogP contribution in [0.25, 0.3) is 0 Å². The highest BCUT2D eigenvalue weighted by molar-refractivity contribution is 7.17. The number of nitrogens with zero attached hydrogens (tertiary/aromatic N) is 4. The van der Waals surface area contributed by atoms with Gasteiger partial charge in [0.05, 0.1) is 16.9 Å². The summed E-state index contributed by atoms with van der Waals surface area (Å²) in [6.45, 7) is 4.38. The molecule has 12 nitrogen and oxygen atoms in total. The fourth-order valence-electron chi connectivity index (χ4n) is 5.16. The molecule has 4 heterocycles. The largest absolute Gasteiger partial charge is 0.366 e. The van der Waals surface area contributed by atoms with E-state index in [-0.39, 0.29) is 24.1 Å². The second-order valence-corrected chi connectivity index (χ2v) is 11.9. The van der Waals surface area contributed by atoms with Crippen LogP contribution in [0.2, 0.25) is 5.02 Å². The summed E-state index contributed by atoms with van der Waals surface area (Å²) in [5.74, 6) is 0.332. The third kappa shape index (κ3) is 6.10. The summed E-state index contributed by atoms with van der Waals surface area (Å²) >= 11 is 7.42. The van der Waals surface area contributed by atoms with E-state index in [4.69, 9.17) is 11.6 Å². The van der Waals surface area contributed by atoms with E-state index in [1.165, 1.54) is 22.4 Å². The molecule has 6 rings (SSSR count). The molecule has 4 N–H and O–H groups in total. The lowest BCUT2D eigenvalue weighted by Crippen LogP contribution is -2.52. The number of nitrogens with one attached hydrogen (secondary N) is 4. The van der Waals surface area contributed by atoms with Crippen molar-refractivity contribution in [2.24, 2.45) is 0 Å². The molecular weight excluding hydrogens is 604 g/mol. The van der Waals surface area contributed by atoms with Crippen molar-refractivity contribution in [2.75, 3.05) is 16.0 Å². The summed E-state index contributed by atoms with van der Waals surface area (Å²) in [6.07, 6.45) is 2.02. The van der Waals surface area contributed by atoms with Crippen molar-refractivity contribution in [3.8, 4) is 0 Å². The zero-order valence-corrected chi connectivity index (χ0v) is 25.3. The van der Waals surface area contributed by atoms with Gasteiger partial charge in [-0.1, -0.05) is 47.2 Å². The number of anilines is 4. The molecule has 224 valence electrons. The molecule has 14 heteroatoms. The van der Waals surface area contributed by atoms with Crippen molar-refractivity contribution in [1.82, 2.24) is 25.2 Å². The third-order valence-electron chi connectivity index (χ3n) is 7.32. The molecule has 1 saturated heterocycles. The maximum Gasteiger partial charge on any atom is 0.267 e. The summed E-state index contributed by atoms with van der Waals surface area (Å²) in [7, 11) is 0. The second-order valence-electron chi connectivity index (χ2n) is 10.5. The highest BCUT2D eigenvalue weighted by atomic mass is 35.5. The quantitative estimate of drug-likeness (QED) is 0.205. The molecule has 2 aromatic carbocycles. The molecule has 4 aromatic rings. The number of fused-ring (bicyclic) bond motifs is 1. The van der Waals surface area contributed by atoms with Crippen molar-refractivity contribution in [3.05, 3.63) is 86.6 Å². The number of hydrogen-bond acceptors (Lipinski definition) is 10. The monoisotopic (exact) mass is 630 g/mol. The molecule has 0 spiro atoms. The SMILES string of the molecule is Cc1nc(NCc2ccc3c(c2)CN(C2CCC(=O)NC2=O)C3=O)cc(Nc2ncc(C(=O)Nc3c(C)cccc3Cl)s2)n1. The van der Waals surface area contributed by atoms with Crippen molar-refractivity contribution in [3.63, 3.8) is 0 Å². The minimum Gasteiger partial charge on any atom is -0.366 e. The molecule has 1 fully saturated rings. The normalized spacial score (nSPS) is 16.0. The summed E-state index contributed by atoms with van der Waals surface area (Å²) in [5, 5.41) is 12.5. The van der Waals surface area contributed by atoms with Crippen LogP contribution in [0, 0.1) is 13.8 Å². The van der Waals surface area contributed by atoms with E-state index in [2.05, 4.69) is 36.2 Å². The van der Waals surface area contributed by atoms with Gasteiger partial charge in [-0.25, -0.2) is 15.0 Å². The van der Waals surface area contributed by atoms with Crippen LogP contribution in [0.5, 0.6) is 0 Å². The van der Waals surface area contributed by atoms with E-state index in [9.17, 15) is 19.2 Å². The predicted octanol–water partition coefficient (Wildman–Crippen LogP) is 4.57. The van der Waals surface area contributed by atoms with E-state index in [1.807, 2.05) is 31.2 Å². The summed E-state index contributed by atoms with van der Waals surface area (Å²) in [5.41, 5.74) is 3.73. The van der Waals surface area contributed by atoms with Crippen LogP contribution in [0.4, 0.5) is 22.5 Å². The van der Waals surface area contributed by atoms with E-state index >= 15 is 0 Å². The van der Waals surface area contributed by atoms with Gasteiger partial charge in [-0.2, -0.15) is 0 Å². The van der Waals surface area contributed by atoms with Crippen LogP contribution < -0.4 is 21.3 Å². The van der Waals surface area contributed by atoms with Crippen LogP contribution in [-0.4, -0.2) is 49.5 Å². The molecule has 0 bridgehead atoms. The fraction of sp³-hybridized carbons (Fsp3) is 0.233. The fourth-order valence-corrected chi connectivity index (χ4v) is 6.15. The Morgan fingerprint density at radius 3 is 2.73 bits per heavy atom. The van der Waals surface area contributed by atoms with E-state index < -0.39 is 11.9 Å². The van der Waals surface area contributed by atoms with Gasteiger partial charge in [-0.3, -0.25) is 24.5 Å². The Bertz CT molecular complexity index is 1810. The topological polar surface area (TPSA) is 158 Å². The molecule has 44 heavy (non-hydrogen) atoms. The molecule has 0 saturated carbocycles. The lowest BCUT2D eigenvalue weighted by Gasteiger charge is -2.29. The molecular formula is C30H27ClN8O4S. The predicted molar refractivity (Wildman–Crippen MR) is 166 cm³/mol. The average molecular weight is 631 g/mol. The van der Waals surface area contributed by atoms with Crippen molar-refractivity contribution >= 4 is 69.0 Å². The second kappa shape index (κ2) is 12.0. The molecule has 2 aromatic heterocycles. The van der Waals surface area contributed by atoms with Gasteiger partial charge >= 0.3 is 0 Å². The molecule has 1 atom stereocenters. The Balaban J connectivity index is 1.09. The maximum atomic E-state index is 13.0. The molecule has 2 aliphatic rings. The van der Waals surface area contributed by atoms with Gasteiger partial charge in [-0.15, -0.1) is 0 Å². The van der Waals surface area contributed by atoms with Crippen molar-refractivity contribution in [2.45, 2.75) is 45.8 Å². The van der Waals surface area contributed by atoms with Gasteiger partial charge in [0.15, 0.2) is 5.13 Å². The zero-order chi connectivity index (χ0) is 31.0. The maximum absolute atomic E-state index is 13.0. The number of halogens is 1. The number of hydrogen-bond donors (Lipinski definition) is 4. The van der Waals surface area contributed by atoms with Crippen molar-refractivity contribution in [1.29, 1.82) is 0 Å². The number of aromatic nitrogens is 3. The number of aryl methyl sites for hydroxylation is 2. The standard InChI is InChI=1S/C30H27ClN8O4S/c1-15-4-3-5-20(31)26(15)38-28(42)22-13-33-30(44-22)36-24-11-23(34-16(2)35-24)32-12-17-6-7-19-18(10-17)14-39(29(19)43)21-8-9-25(40)37-27(21)41/h3-7,10-11,13,21H,8-9,12,14H2,1-2H3,(H,38,42)(H,37,40,41)(H2,32,33,34,35,36). The van der Waals surface area contributed by atoms with Crippen LogP contribution in [0.1, 0.15) is 55.4 Å². The molecule has 0 aliphatic carbocycles. The molecule has 1 unspecified atom stereocenters. The van der Waals surface area contributed by atoms with Crippen molar-refractivity contribution < 1.29 is 19.2 Å². The molecule has 4 amide bonds. The first-order valence-electron chi connectivity index (χ1n) is 13.8. The highest BCUT2D eigenvalue weighted by Gasteiger charge is 2.39. The van der Waals surface area contributed by atoms with E-state index in [0.29, 0.717) is 63.3 Å². The van der Waals surface area contributed by atoms with Crippen LogP contribution in [-0.2, 0) is 22.7 Å². The lowest BCUT2D eigenvalue weighted by molar-refractivity contribution is -0.136. The minimum absolute atomic E-state index is 0.210. The molecule has 0 radical (unpaired) electrons. The Kier molecular flexibility index (Phi) is 7.97. The van der Waals surface area contributed by atoms with E-state index in [1.54, 1.807) is 25.1 Å². The highest BCUT2D eigenvalue weighted by Crippen LogP contribution is 2.30. The number of piperidine rings is 1. The summed E-state index contributed by atoms with van der Waals surface area (Å²) < 4.78 is 0. The first kappa shape index (κ1) is 29.2. The smallest absolute Gasteiger partial charge is 0.267 e. The Morgan fingerprint density at radius 1 is 1.11 bits per heavy atom. The summed E-state index contributed by atoms with van der Waals surface area (Å²) in [4.78, 5) is 64.8.